The summed E-state index contributed by atoms with van der Waals surface area (Å²) in [5.41, 5.74) is -0.621. The molecule has 0 saturated heterocycles. The average Bonchev–Trinajstić information content (AvgIpc) is 3.14. The fraction of sp³-hybridized carbons (Fsp3) is 0.500. The molecule has 1 saturated carbocycles. The van der Waals surface area contributed by atoms with Gasteiger partial charge in [-0.1, -0.05) is 0 Å². The Morgan fingerprint density at radius 2 is 2.10 bits per heavy atom. The van der Waals surface area contributed by atoms with E-state index in [9.17, 15) is 14.7 Å². The summed E-state index contributed by atoms with van der Waals surface area (Å²) in [5.74, 6) is -0.122. The van der Waals surface area contributed by atoms with Crippen molar-refractivity contribution in [1.82, 2.24) is 9.88 Å². The first-order chi connectivity index (χ1) is 9.79. The van der Waals surface area contributed by atoms with Gasteiger partial charge in [-0.2, -0.15) is 0 Å². The van der Waals surface area contributed by atoms with Crippen LogP contribution in [0.3, 0.4) is 0 Å². The van der Waals surface area contributed by atoms with Gasteiger partial charge in [0.2, 0.25) is 0 Å². The van der Waals surface area contributed by atoms with Crippen LogP contribution in [0.15, 0.2) is 18.5 Å². The summed E-state index contributed by atoms with van der Waals surface area (Å²) < 4.78 is 5.19. The number of aromatic hydroxyl groups is 1. The van der Waals surface area contributed by atoms with Crippen LogP contribution >= 0.6 is 0 Å². The lowest BCUT2D eigenvalue weighted by atomic mass is 10.1. The number of hydrogen-bond acceptors (Lipinski definition) is 5. The van der Waals surface area contributed by atoms with Crippen LogP contribution in [0.25, 0.3) is 0 Å². The Hall–Kier alpha value is -2.31. The number of ether oxygens (including phenoxy) is 1. The Bertz CT molecular complexity index is 549. The van der Waals surface area contributed by atoms with Crippen LogP contribution in [0.2, 0.25) is 0 Å². The minimum atomic E-state index is -0.756. The first kappa shape index (κ1) is 15.1. The summed E-state index contributed by atoms with van der Waals surface area (Å²) in [5, 5.41) is 12.1. The first-order valence-electron chi connectivity index (χ1n) is 6.74. The number of pyridine rings is 1. The van der Waals surface area contributed by atoms with E-state index in [2.05, 4.69) is 10.3 Å². The Balaban J connectivity index is 2.14. The molecule has 21 heavy (non-hydrogen) atoms. The average molecular weight is 293 g/mol. The maximum Gasteiger partial charge on any atom is 0.418 e. The normalized spacial score (nSPS) is 14.4. The van der Waals surface area contributed by atoms with Crippen LogP contribution in [-0.4, -0.2) is 38.8 Å². The molecule has 0 spiro atoms. The van der Waals surface area contributed by atoms with Crippen LogP contribution in [0, 0.1) is 0 Å². The molecule has 0 radical (unpaired) electrons. The molecule has 1 heterocycles. The molecule has 1 aromatic rings. The third-order valence-corrected chi connectivity index (χ3v) is 2.89. The van der Waals surface area contributed by atoms with Crippen LogP contribution < -0.4 is 5.32 Å². The SMILES string of the molecule is CC(C)(C)N(C(=O)Nc1cnccc1O)C(=O)OC1CC1. The van der Waals surface area contributed by atoms with Crippen molar-refractivity contribution in [2.75, 3.05) is 5.32 Å². The molecule has 2 N–H and O–H groups in total. The van der Waals surface area contributed by atoms with Crippen molar-refractivity contribution < 1.29 is 19.4 Å². The molecule has 1 aromatic heterocycles. The highest BCUT2D eigenvalue weighted by Gasteiger charge is 2.37. The van der Waals surface area contributed by atoms with Gasteiger partial charge in [0, 0.05) is 17.8 Å². The number of carbonyl (C=O) groups is 2. The number of hydrogen-bond donors (Lipinski definition) is 2. The summed E-state index contributed by atoms with van der Waals surface area (Å²) in [4.78, 5) is 29.3. The maximum absolute atomic E-state index is 12.3. The standard InChI is InChI=1S/C14H19N3O4/c1-14(2,3)17(13(20)21-9-4-5-9)12(19)16-10-8-15-7-6-11(10)18/h6-9H,4-5H2,1-3H3,(H,15,18)(H,16,19). The van der Waals surface area contributed by atoms with E-state index < -0.39 is 17.7 Å². The minimum absolute atomic E-state index is 0.0954. The molecule has 0 bridgehead atoms. The lowest BCUT2D eigenvalue weighted by Crippen LogP contribution is -2.51. The van der Waals surface area contributed by atoms with E-state index in [0.29, 0.717) is 0 Å². The molecule has 2 rings (SSSR count). The van der Waals surface area contributed by atoms with Gasteiger partial charge < -0.3 is 15.2 Å². The highest BCUT2D eigenvalue weighted by molar-refractivity contribution is 6.00. The predicted octanol–water partition coefficient (Wildman–Crippen LogP) is 2.72. The fourth-order valence-corrected chi connectivity index (χ4v) is 1.70. The van der Waals surface area contributed by atoms with Crippen LogP contribution in [0.5, 0.6) is 5.75 Å². The highest BCUT2D eigenvalue weighted by Crippen LogP contribution is 2.27. The number of nitrogens with one attached hydrogen (secondary N) is 1. The molecule has 0 unspecified atom stereocenters. The first-order valence-corrected chi connectivity index (χ1v) is 6.74. The van der Waals surface area contributed by atoms with E-state index >= 15 is 0 Å². The number of aromatic nitrogens is 1. The Morgan fingerprint density at radius 3 is 2.62 bits per heavy atom. The van der Waals surface area contributed by atoms with E-state index in [1.54, 1.807) is 20.8 Å². The molecule has 3 amide bonds. The van der Waals surface area contributed by atoms with Gasteiger partial charge in [-0.05, 0) is 33.6 Å². The second kappa shape index (κ2) is 5.59. The van der Waals surface area contributed by atoms with Crippen molar-refractivity contribution >= 4 is 17.8 Å². The molecule has 1 fully saturated rings. The van der Waals surface area contributed by atoms with E-state index in [1.165, 1.54) is 18.5 Å². The number of carbonyl (C=O) groups excluding carboxylic acids is 2. The Kier molecular flexibility index (Phi) is 4.02. The van der Waals surface area contributed by atoms with Gasteiger partial charge in [0.25, 0.3) is 0 Å². The lowest BCUT2D eigenvalue weighted by molar-refractivity contribution is 0.0810. The number of nitrogens with zero attached hydrogens (tertiary/aromatic N) is 2. The molecular weight excluding hydrogens is 274 g/mol. The topological polar surface area (TPSA) is 91.8 Å². The largest absolute Gasteiger partial charge is 0.506 e. The highest BCUT2D eigenvalue weighted by atomic mass is 16.6. The number of anilines is 1. The molecule has 0 atom stereocenters. The zero-order valence-electron chi connectivity index (χ0n) is 12.3. The second-order valence-electron chi connectivity index (χ2n) is 5.91. The van der Waals surface area contributed by atoms with Crippen molar-refractivity contribution in [3.63, 3.8) is 0 Å². The molecular formula is C14H19N3O4. The summed E-state index contributed by atoms with van der Waals surface area (Å²) in [7, 11) is 0. The van der Waals surface area contributed by atoms with Gasteiger partial charge in [0.05, 0.1) is 6.20 Å². The van der Waals surface area contributed by atoms with Crippen LogP contribution in [0.1, 0.15) is 33.6 Å². The fourth-order valence-electron chi connectivity index (χ4n) is 1.70. The molecule has 0 aliphatic heterocycles. The third kappa shape index (κ3) is 3.84. The molecule has 1 aliphatic rings. The minimum Gasteiger partial charge on any atom is -0.506 e. The van der Waals surface area contributed by atoms with Crippen molar-refractivity contribution in [3.05, 3.63) is 18.5 Å². The van der Waals surface area contributed by atoms with Gasteiger partial charge in [-0.25, -0.2) is 14.5 Å². The molecule has 7 heteroatoms. The van der Waals surface area contributed by atoms with Gasteiger partial charge in [0.1, 0.15) is 17.5 Å². The maximum atomic E-state index is 12.3. The molecule has 7 nitrogen and oxygen atoms in total. The van der Waals surface area contributed by atoms with Crippen LogP contribution in [0.4, 0.5) is 15.3 Å². The van der Waals surface area contributed by atoms with Crippen molar-refractivity contribution in [2.24, 2.45) is 0 Å². The quantitative estimate of drug-likeness (QED) is 0.874. The van der Waals surface area contributed by atoms with Gasteiger partial charge in [-0.15, -0.1) is 0 Å². The van der Waals surface area contributed by atoms with Crippen molar-refractivity contribution in [2.45, 2.75) is 45.3 Å². The molecule has 1 aliphatic carbocycles. The smallest absolute Gasteiger partial charge is 0.418 e. The van der Waals surface area contributed by atoms with Gasteiger partial charge in [-0.3, -0.25) is 4.98 Å². The lowest BCUT2D eigenvalue weighted by Gasteiger charge is -2.32. The number of urea groups is 1. The van der Waals surface area contributed by atoms with Gasteiger partial charge in [0.15, 0.2) is 0 Å². The van der Waals surface area contributed by atoms with E-state index in [0.717, 1.165) is 17.7 Å². The zero-order valence-corrected chi connectivity index (χ0v) is 12.3. The van der Waals surface area contributed by atoms with Crippen molar-refractivity contribution in [1.29, 1.82) is 0 Å². The van der Waals surface area contributed by atoms with Gasteiger partial charge >= 0.3 is 12.1 Å². The molecule has 114 valence electrons. The Labute approximate surface area is 122 Å². The number of imide groups is 1. The second-order valence-corrected chi connectivity index (χ2v) is 5.91. The third-order valence-electron chi connectivity index (χ3n) is 2.89. The molecule has 0 aromatic carbocycles. The van der Waals surface area contributed by atoms with E-state index in [-0.39, 0.29) is 17.5 Å². The summed E-state index contributed by atoms with van der Waals surface area (Å²) in [6, 6.07) is 0.677. The van der Waals surface area contributed by atoms with E-state index in [1.807, 2.05) is 0 Å². The monoisotopic (exact) mass is 293 g/mol. The number of rotatable bonds is 2. The van der Waals surface area contributed by atoms with E-state index in [4.69, 9.17) is 4.74 Å². The summed E-state index contributed by atoms with van der Waals surface area (Å²) >= 11 is 0. The Morgan fingerprint density at radius 1 is 1.43 bits per heavy atom. The van der Waals surface area contributed by atoms with Crippen LogP contribution in [-0.2, 0) is 4.74 Å². The summed E-state index contributed by atoms with van der Waals surface area (Å²) in [6.07, 6.45) is 3.57. The summed E-state index contributed by atoms with van der Waals surface area (Å²) in [6.45, 7) is 5.18. The number of amides is 3. The zero-order chi connectivity index (χ0) is 15.6. The van der Waals surface area contributed by atoms with Crippen molar-refractivity contribution in [3.8, 4) is 5.75 Å². The predicted molar refractivity (Wildman–Crippen MR) is 76.0 cm³/mol.